The zero-order chi connectivity index (χ0) is 9.26. The number of carbonyl (C=O) groups is 1. The van der Waals surface area contributed by atoms with Gasteiger partial charge in [-0.05, 0) is 30.6 Å². The standard InChI is InChI=1S/C12H20O/c1-2-9-5-3-4-6-11(9)12-7-10(12)8-13/h8-12H,2-7H2,1H3. The van der Waals surface area contributed by atoms with Gasteiger partial charge in [0.2, 0.25) is 0 Å². The molecule has 74 valence electrons. The third-order valence-corrected chi connectivity index (χ3v) is 4.11. The third-order valence-electron chi connectivity index (χ3n) is 4.11. The van der Waals surface area contributed by atoms with Gasteiger partial charge in [0.1, 0.15) is 6.29 Å². The lowest BCUT2D eigenvalue weighted by atomic mass is 9.75. The van der Waals surface area contributed by atoms with E-state index in [4.69, 9.17) is 0 Å². The quantitative estimate of drug-likeness (QED) is 0.610. The zero-order valence-electron chi connectivity index (χ0n) is 8.54. The molecule has 0 bridgehead atoms. The predicted octanol–water partition coefficient (Wildman–Crippen LogP) is 3.04. The molecule has 2 aliphatic carbocycles. The minimum atomic E-state index is 0.442. The summed E-state index contributed by atoms with van der Waals surface area (Å²) in [6.45, 7) is 2.31. The molecular weight excluding hydrogens is 160 g/mol. The summed E-state index contributed by atoms with van der Waals surface area (Å²) in [5.74, 6) is 3.05. The lowest BCUT2D eigenvalue weighted by Crippen LogP contribution is -2.21. The second-order valence-corrected chi connectivity index (χ2v) is 4.82. The van der Waals surface area contributed by atoms with Gasteiger partial charge >= 0.3 is 0 Å². The molecule has 0 spiro atoms. The van der Waals surface area contributed by atoms with E-state index < -0.39 is 0 Å². The Morgan fingerprint density at radius 3 is 2.62 bits per heavy atom. The Morgan fingerprint density at radius 2 is 2.00 bits per heavy atom. The molecule has 2 aliphatic rings. The first kappa shape index (κ1) is 9.23. The Bertz CT molecular complexity index is 188. The highest BCUT2D eigenvalue weighted by Gasteiger charge is 2.45. The van der Waals surface area contributed by atoms with E-state index in [1.54, 1.807) is 0 Å². The maximum atomic E-state index is 10.6. The highest BCUT2D eigenvalue weighted by atomic mass is 16.1. The Morgan fingerprint density at radius 1 is 1.23 bits per heavy atom. The SMILES string of the molecule is CCC1CCCCC1C1CC1C=O. The van der Waals surface area contributed by atoms with Crippen molar-refractivity contribution in [3.8, 4) is 0 Å². The van der Waals surface area contributed by atoms with Crippen molar-refractivity contribution in [1.29, 1.82) is 0 Å². The molecule has 0 aromatic carbocycles. The molecule has 0 amide bonds. The molecule has 0 radical (unpaired) electrons. The van der Waals surface area contributed by atoms with Gasteiger partial charge < -0.3 is 4.79 Å². The number of hydrogen-bond donors (Lipinski definition) is 0. The molecule has 0 aromatic rings. The molecule has 13 heavy (non-hydrogen) atoms. The van der Waals surface area contributed by atoms with Crippen LogP contribution in [0.3, 0.4) is 0 Å². The smallest absolute Gasteiger partial charge is 0.123 e. The fraction of sp³-hybridized carbons (Fsp3) is 0.917. The highest BCUT2D eigenvalue weighted by Crippen LogP contribution is 2.50. The monoisotopic (exact) mass is 180 g/mol. The molecule has 0 aromatic heterocycles. The Balaban J connectivity index is 1.92. The number of aldehydes is 1. The molecule has 1 nitrogen and oxygen atoms in total. The summed E-state index contributed by atoms with van der Waals surface area (Å²) in [6, 6.07) is 0. The van der Waals surface area contributed by atoms with Crippen molar-refractivity contribution >= 4 is 6.29 Å². The van der Waals surface area contributed by atoms with E-state index in [1.807, 2.05) is 0 Å². The highest BCUT2D eigenvalue weighted by molar-refractivity contribution is 5.58. The summed E-state index contributed by atoms with van der Waals surface area (Å²) in [6.07, 6.45) is 9.36. The van der Waals surface area contributed by atoms with Gasteiger partial charge in [0.15, 0.2) is 0 Å². The van der Waals surface area contributed by atoms with Crippen molar-refractivity contribution in [2.24, 2.45) is 23.7 Å². The van der Waals surface area contributed by atoms with Crippen LogP contribution in [0.5, 0.6) is 0 Å². The summed E-state index contributed by atoms with van der Waals surface area (Å²) in [7, 11) is 0. The van der Waals surface area contributed by atoms with Gasteiger partial charge in [-0.3, -0.25) is 0 Å². The molecule has 0 N–H and O–H groups in total. The normalized spacial score (nSPS) is 44.4. The first-order chi connectivity index (χ1) is 6.36. The van der Waals surface area contributed by atoms with Crippen LogP contribution in [0.15, 0.2) is 0 Å². The van der Waals surface area contributed by atoms with E-state index in [0.29, 0.717) is 5.92 Å². The predicted molar refractivity (Wildman–Crippen MR) is 53.4 cm³/mol. The minimum Gasteiger partial charge on any atom is -0.303 e. The van der Waals surface area contributed by atoms with Gasteiger partial charge in [-0.1, -0.05) is 32.6 Å². The lowest BCUT2D eigenvalue weighted by molar-refractivity contribution is -0.109. The van der Waals surface area contributed by atoms with Gasteiger partial charge in [-0.25, -0.2) is 0 Å². The maximum Gasteiger partial charge on any atom is 0.123 e. The summed E-state index contributed by atoms with van der Waals surface area (Å²) < 4.78 is 0. The fourth-order valence-electron chi connectivity index (χ4n) is 3.19. The van der Waals surface area contributed by atoms with E-state index >= 15 is 0 Å². The third kappa shape index (κ3) is 1.79. The molecule has 2 saturated carbocycles. The van der Waals surface area contributed by atoms with Gasteiger partial charge in [0.05, 0.1) is 0 Å². The van der Waals surface area contributed by atoms with Gasteiger partial charge in [0, 0.05) is 5.92 Å². The Hall–Kier alpha value is -0.330. The molecule has 0 aliphatic heterocycles. The molecule has 2 rings (SSSR count). The summed E-state index contributed by atoms with van der Waals surface area (Å²) in [5.41, 5.74) is 0. The summed E-state index contributed by atoms with van der Waals surface area (Å²) >= 11 is 0. The molecule has 2 fully saturated rings. The van der Waals surface area contributed by atoms with Crippen LogP contribution in [0, 0.1) is 23.7 Å². The topological polar surface area (TPSA) is 17.1 Å². The average molecular weight is 180 g/mol. The maximum absolute atomic E-state index is 10.6. The van der Waals surface area contributed by atoms with Crippen molar-refractivity contribution in [2.75, 3.05) is 0 Å². The van der Waals surface area contributed by atoms with Crippen LogP contribution >= 0.6 is 0 Å². The minimum absolute atomic E-state index is 0.442. The second kappa shape index (κ2) is 3.81. The van der Waals surface area contributed by atoms with E-state index in [-0.39, 0.29) is 0 Å². The molecule has 0 heterocycles. The first-order valence-corrected chi connectivity index (χ1v) is 5.82. The van der Waals surface area contributed by atoms with Crippen molar-refractivity contribution in [3.63, 3.8) is 0 Å². The van der Waals surface area contributed by atoms with Gasteiger partial charge in [-0.2, -0.15) is 0 Å². The molecule has 0 saturated heterocycles. The number of carbonyl (C=O) groups excluding carboxylic acids is 1. The summed E-state index contributed by atoms with van der Waals surface area (Å²) in [4.78, 5) is 10.6. The summed E-state index contributed by atoms with van der Waals surface area (Å²) in [5, 5.41) is 0. The van der Waals surface area contributed by atoms with Crippen molar-refractivity contribution in [1.82, 2.24) is 0 Å². The van der Waals surface area contributed by atoms with Gasteiger partial charge in [0.25, 0.3) is 0 Å². The van der Waals surface area contributed by atoms with Crippen LogP contribution in [0.1, 0.15) is 45.4 Å². The van der Waals surface area contributed by atoms with Crippen LogP contribution in [-0.4, -0.2) is 6.29 Å². The second-order valence-electron chi connectivity index (χ2n) is 4.82. The Labute approximate surface area is 80.9 Å². The molecule has 1 heteroatoms. The van der Waals surface area contributed by atoms with Gasteiger partial charge in [-0.15, -0.1) is 0 Å². The molecule has 4 atom stereocenters. The van der Waals surface area contributed by atoms with E-state index in [2.05, 4.69) is 6.92 Å². The largest absolute Gasteiger partial charge is 0.303 e. The number of rotatable bonds is 3. The number of hydrogen-bond acceptors (Lipinski definition) is 1. The van der Waals surface area contributed by atoms with E-state index in [0.717, 1.165) is 17.8 Å². The van der Waals surface area contributed by atoms with Crippen LogP contribution in [0.2, 0.25) is 0 Å². The van der Waals surface area contributed by atoms with Crippen LogP contribution in [0.25, 0.3) is 0 Å². The van der Waals surface area contributed by atoms with Crippen molar-refractivity contribution in [2.45, 2.75) is 45.4 Å². The lowest BCUT2D eigenvalue weighted by Gasteiger charge is -2.31. The molecular formula is C12H20O. The van der Waals surface area contributed by atoms with E-state index in [1.165, 1.54) is 44.8 Å². The van der Waals surface area contributed by atoms with Crippen molar-refractivity contribution < 1.29 is 4.79 Å². The van der Waals surface area contributed by atoms with Crippen molar-refractivity contribution in [3.05, 3.63) is 0 Å². The zero-order valence-corrected chi connectivity index (χ0v) is 8.54. The average Bonchev–Trinajstić information content (AvgIpc) is 2.96. The Kier molecular flexibility index (Phi) is 2.71. The van der Waals surface area contributed by atoms with Crippen LogP contribution in [-0.2, 0) is 4.79 Å². The van der Waals surface area contributed by atoms with Crippen LogP contribution < -0.4 is 0 Å². The first-order valence-electron chi connectivity index (χ1n) is 5.82. The van der Waals surface area contributed by atoms with E-state index in [9.17, 15) is 4.79 Å². The van der Waals surface area contributed by atoms with Crippen LogP contribution in [0.4, 0.5) is 0 Å². The molecule has 4 unspecified atom stereocenters. The fourth-order valence-corrected chi connectivity index (χ4v) is 3.19.